The molecule has 2 heterocycles. The van der Waals surface area contributed by atoms with Crippen LogP contribution in [0.5, 0.6) is 0 Å². The molecular weight excluding hydrogens is 280 g/mol. The molecule has 21 heavy (non-hydrogen) atoms. The lowest BCUT2D eigenvalue weighted by atomic mass is 9.99. The summed E-state index contributed by atoms with van der Waals surface area (Å²) in [5.41, 5.74) is 7.94. The van der Waals surface area contributed by atoms with E-state index in [9.17, 15) is 0 Å². The Labute approximate surface area is 129 Å². The van der Waals surface area contributed by atoms with Crippen molar-refractivity contribution in [2.24, 2.45) is 5.10 Å². The van der Waals surface area contributed by atoms with Crippen molar-refractivity contribution in [1.29, 1.82) is 0 Å². The molecule has 0 fully saturated rings. The fourth-order valence-electron chi connectivity index (χ4n) is 2.67. The maximum atomic E-state index is 4.32. The monoisotopic (exact) mass is 300 g/mol. The number of nitrogens with one attached hydrogen (secondary N) is 1. The van der Waals surface area contributed by atoms with Crippen molar-refractivity contribution in [1.82, 2.24) is 4.98 Å². The molecule has 0 bridgehead atoms. The predicted octanol–water partition coefficient (Wildman–Crippen LogP) is 3.67. The highest BCUT2D eigenvalue weighted by molar-refractivity contribution is 7.13. The lowest BCUT2D eigenvalue weighted by Crippen LogP contribution is -2.28. The van der Waals surface area contributed by atoms with Crippen LogP contribution in [0.3, 0.4) is 0 Å². The Morgan fingerprint density at radius 1 is 1.48 bits per heavy atom. The largest absolute Gasteiger partial charge is 0.372 e. The van der Waals surface area contributed by atoms with Gasteiger partial charge in [-0.25, -0.2) is 4.98 Å². The van der Waals surface area contributed by atoms with Crippen LogP contribution >= 0.6 is 11.3 Å². The molecule has 1 aromatic carbocycles. The van der Waals surface area contributed by atoms with Crippen molar-refractivity contribution in [3.8, 4) is 0 Å². The van der Waals surface area contributed by atoms with Gasteiger partial charge in [-0.1, -0.05) is 6.07 Å². The summed E-state index contributed by atoms with van der Waals surface area (Å²) in [5.74, 6) is 0. The molecule has 0 saturated carbocycles. The maximum Gasteiger partial charge on any atom is 0.203 e. The first-order valence-corrected chi connectivity index (χ1v) is 8.23. The van der Waals surface area contributed by atoms with E-state index in [2.05, 4.69) is 45.5 Å². The van der Waals surface area contributed by atoms with E-state index in [1.54, 1.807) is 11.3 Å². The number of anilines is 2. The molecule has 1 N–H and O–H groups in total. The highest BCUT2D eigenvalue weighted by Crippen LogP contribution is 2.27. The Morgan fingerprint density at radius 3 is 3.14 bits per heavy atom. The summed E-state index contributed by atoms with van der Waals surface area (Å²) in [5, 5.41) is 7.11. The Bertz CT molecular complexity index is 647. The fraction of sp³-hybridized carbons (Fsp3) is 0.375. The van der Waals surface area contributed by atoms with Crippen LogP contribution in [0.1, 0.15) is 30.2 Å². The molecule has 1 aromatic heterocycles. The van der Waals surface area contributed by atoms with Gasteiger partial charge < -0.3 is 4.90 Å². The highest BCUT2D eigenvalue weighted by atomic mass is 32.1. The zero-order valence-electron chi connectivity index (χ0n) is 12.5. The average molecular weight is 300 g/mol. The first-order valence-electron chi connectivity index (χ1n) is 7.35. The average Bonchev–Trinajstić information content (AvgIpc) is 2.92. The van der Waals surface area contributed by atoms with Gasteiger partial charge >= 0.3 is 0 Å². The Kier molecular flexibility index (Phi) is 4.20. The van der Waals surface area contributed by atoms with Gasteiger partial charge in [0.25, 0.3) is 0 Å². The number of thiazole rings is 1. The lowest BCUT2D eigenvalue weighted by Gasteiger charge is -2.30. The summed E-state index contributed by atoms with van der Waals surface area (Å²) in [6, 6.07) is 6.59. The summed E-state index contributed by atoms with van der Waals surface area (Å²) >= 11 is 1.57. The third-order valence-corrected chi connectivity index (χ3v) is 4.56. The van der Waals surface area contributed by atoms with Crippen molar-refractivity contribution in [2.75, 3.05) is 23.4 Å². The minimum Gasteiger partial charge on any atom is -0.372 e. The molecule has 110 valence electrons. The van der Waals surface area contributed by atoms with Gasteiger partial charge in [-0.05, 0) is 49.9 Å². The first-order chi connectivity index (χ1) is 10.3. The van der Waals surface area contributed by atoms with E-state index in [0.717, 1.165) is 29.4 Å². The predicted molar refractivity (Wildman–Crippen MR) is 90.7 cm³/mol. The standard InChI is InChI=1S/C16H20N4S/c1-3-20-8-4-5-14-9-13(6-7-15(14)20)10-17-19-16-18-12(2)11-21-16/h6-7,9-11H,3-5,8H2,1-2H3,(H,18,19). The van der Waals surface area contributed by atoms with E-state index in [0.29, 0.717) is 0 Å². The molecule has 0 radical (unpaired) electrons. The molecule has 0 aliphatic carbocycles. The van der Waals surface area contributed by atoms with Crippen LogP contribution < -0.4 is 10.3 Å². The van der Waals surface area contributed by atoms with Gasteiger partial charge in [-0.15, -0.1) is 11.3 Å². The Balaban J connectivity index is 1.71. The summed E-state index contributed by atoms with van der Waals surface area (Å²) in [6.45, 7) is 6.44. The summed E-state index contributed by atoms with van der Waals surface area (Å²) in [7, 11) is 0. The molecule has 1 aliphatic heterocycles. The zero-order valence-corrected chi connectivity index (χ0v) is 13.3. The second-order valence-corrected chi connectivity index (χ2v) is 6.09. The van der Waals surface area contributed by atoms with Crippen LogP contribution in [0.4, 0.5) is 10.8 Å². The highest BCUT2D eigenvalue weighted by Gasteiger charge is 2.14. The number of hydrazone groups is 1. The molecule has 0 unspecified atom stereocenters. The fourth-order valence-corrected chi connectivity index (χ4v) is 3.31. The zero-order chi connectivity index (χ0) is 14.7. The van der Waals surface area contributed by atoms with E-state index in [1.165, 1.54) is 24.2 Å². The van der Waals surface area contributed by atoms with E-state index in [-0.39, 0.29) is 0 Å². The Morgan fingerprint density at radius 2 is 2.38 bits per heavy atom. The quantitative estimate of drug-likeness (QED) is 0.692. The molecule has 0 atom stereocenters. The van der Waals surface area contributed by atoms with Crippen LogP contribution in [-0.2, 0) is 6.42 Å². The third-order valence-electron chi connectivity index (χ3n) is 3.69. The van der Waals surface area contributed by atoms with Crippen molar-refractivity contribution in [3.63, 3.8) is 0 Å². The number of benzene rings is 1. The number of hydrogen-bond donors (Lipinski definition) is 1. The molecule has 3 rings (SSSR count). The van der Waals surface area contributed by atoms with Gasteiger partial charge in [0.05, 0.1) is 11.9 Å². The second kappa shape index (κ2) is 6.26. The maximum absolute atomic E-state index is 4.32. The van der Waals surface area contributed by atoms with E-state index in [1.807, 2.05) is 18.5 Å². The number of rotatable bonds is 4. The van der Waals surface area contributed by atoms with E-state index >= 15 is 0 Å². The molecular formula is C16H20N4S. The minimum absolute atomic E-state index is 0.832. The molecule has 5 heteroatoms. The SMILES string of the molecule is CCN1CCCc2cc(C=NNc3nc(C)cs3)ccc21. The van der Waals surface area contributed by atoms with Crippen LogP contribution in [0.2, 0.25) is 0 Å². The Hall–Kier alpha value is -1.88. The normalized spacial score (nSPS) is 14.5. The van der Waals surface area contributed by atoms with Crippen molar-refractivity contribution < 1.29 is 0 Å². The van der Waals surface area contributed by atoms with Crippen LogP contribution in [-0.4, -0.2) is 24.3 Å². The van der Waals surface area contributed by atoms with Gasteiger partial charge in [0.2, 0.25) is 5.13 Å². The smallest absolute Gasteiger partial charge is 0.203 e. The molecule has 1 aliphatic rings. The number of aromatic nitrogens is 1. The summed E-state index contributed by atoms with van der Waals surface area (Å²) < 4.78 is 0. The van der Waals surface area contributed by atoms with Crippen molar-refractivity contribution in [3.05, 3.63) is 40.4 Å². The molecule has 0 amide bonds. The molecule has 2 aromatic rings. The van der Waals surface area contributed by atoms with Crippen LogP contribution in [0.25, 0.3) is 0 Å². The number of aryl methyl sites for hydroxylation is 2. The van der Waals surface area contributed by atoms with E-state index in [4.69, 9.17) is 0 Å². The van der Waals surface area contributed by atoms with E-state index < -0.39 is 0 Å². The van der Waals surface area contributed by atoms with Crippen molar-refractivity contribution >= 4 is 28.4 Å². The van der Waals surface area contributed by atoms with Crippen LogP contribution in [0.15, 0.2) is 28.7 Å². The lowest BCUT2D eigenvalue weighted by molar-refractivity contribution is 0.708. The van der Waals surface area contributed by atoms with Gasteiger partial charge in [0, 0.05) is 24.2 Å². The molecule has 0 spiro atoms. The number of hydrogen-bond acceptors (Lipinski definition) is 5. The topological polar surface area (TPSA) is 40.5 Å². The van der Waals surface area contributed by atoms with Gasteiger partial charge in [-0.3, -0.25) is 5.43 Å². The second-order valence-electron chi connectivity index (χ2n) is 5.24. The third kappa shape index (κ3) is 3.24. The van der Waals surface area contributed by atoms with Gasteiger partial charge in [0.15, 0.2) is 0 Å². The molecule has 4 nitrogen and oxygen atoms in total. The van der Waals surface area contributed by atoms with Gasteiger partial charge in [-0.2, -0.15) is 5.10 Å². The minimum atomic E-state index is 0.832. The van der Waals surface area contributed by atoms with Gasteiger partial charge in [0.1, 0.15) is 0 Å². The summed E-state index contributed by atoms with van der Waals surface area (Å²) in [4.78, 5) is 6.76. The van der Waals surface area contributed by atoms with Crippen LogP contribution in [0, 0.1) is 6.92 Å². The number of nitrogens with zero attached hydrogens (tertiary/aromatic N) is 3. The number of fused-ring (bicyclic) bond motifs is 1. The van der Waals surface area contributed by atoms with Crippen molar-refractivity contribution in [2.45, 2.75) is 26.7 Å². The summed E-state index contributed by atoms with van der Waals surface area (Å²) in [6.07, 6.45) is 4.26. The first kappa shape index (κ1) is 14.1. The molecule has 0 saturated heterocycles.